The summed E-state index contributed by atoms with van der Waals surface area (Å²) in [5.74, 6) is -3.14. The van der Waals surface area contributed by atoms with Crippen molar-refractivity contribution in [1.82, 2.24) is 20.4 Å². The van der Waals surface area contributed by atoms with E-state index in [4.69, 9.17) is 9.90 Å². The number of amides is 4. The molecule has 0 unspecified atom stereocenters. The highest BCUT2D eigenvalue weighted by atomic mass is 19.4. The number of piperazine rings is 1. The van der Waals surface area contributed by atoms with Crippen molar-refractivity contribution >= 4 is 29.5 Å². The lowest BCUT2D eigenvalue weighted by atomic mass is 10.1. The number of alkyl halides is 3. The van der Waals surface area contributed by atoms with E-state index < -0.39 is 24.0 Å². The average Bonchev–Trinajstić information content (AvgIpc) is 3.84. The zero-order valence-electron chi connectivity index (χ0n) is 25.3. The van der Waals surface area contributed by atoms with E-state index in [9.17, 15) is 31.9 Å². The van der Waals surface area contributed by atoms with E-state index in [2.05, 4.69) is 34.7 Å². The first-order valence-corrected chi connectivity index (χ1v) is 14.9. The van der Waals surface area contributed by atoms with Gasteiger partial charge in [-0.05, 0) is 67.5 Å². The van der Waals surface area contributed by atoms with Crippen molar-refractivity contribution in [1.29, 1.82) is 0 Å². The summed E-state index contributed by atoms with van der Waals surface area (Å²) < 4.78 is 46.3. The molecule has 4 N–H and O–H groups in total. The van der Waals surface area contributed by atoms with Crippen molar-refractivity contribution in [2.45, 2.75) is 58.3 Å². The lowest BCUT2D eigenvalue weighted by Crippen LogP contribution is -2.48. The number of rotatable bonds is 10. The predicted molar refractivity (Wildman–Crippen MR) is 159 cm³/mol. The molecule has 0 atom stereocenters. The average molecular weight is 638 g/mol. The molecule has 0 spiro atoms. The molecular formula is C31H39F4N5O5. The molecule has 1 heterocycles. The van der Waals surface area contributed by atoms with Crippen LogP contribution in [-0.2, 0) is 11.3 Å². The lowest BCUT2D eigenvalue weighted by Gasteiger charge is -2.35. The number of nitrogens with zero attached hydrogens (tertiary/aromatic N) is 2. The third-order valence-electron chi connectivity index (χ3n) is 7.53. The molecule has 246 valence electrons. The van der Waals surface area contributed by atoms with Crippen molar-refractivity contribution in [3.63, 3.8) is 0 Å². The summed E-state index contributed by atoms with van der Waals surface area (Å²) in [4.78, 5) is 50.4. The number of nitrogens with one attached hydrogen (secondary N) is 3. The van der Waals surface area contributed by atoms with Crippen molar-refractivity contribution in [2.24, 2.45) is 5.92 Å². The third kappa shape index (κ3) is 11.3. The predicted octanol–water partition coefficient (Wildman–Crippen LogP) is 4.87. The lowest BCUT2D eigenvalue weighted by molar-refractivity contribution is -0.192. The number of hydrogen-bond donors (Lipinski definition) is 4. The maximum Gasteiger partial charge on any atom is 0.490 e. The van der Waals surface area contributed by atoms with E-state index in [-0.39, 0.29) is 29.1 Å². The molecule has 0 radical (unpaired) electrons. The molecule has 4 amide bonds. The van der Waals surface area contributed by atoms with Gasteiger partial charge >= 0.3 is 18.2 Å². The van der Waals surface area contributed by atoms with Gasteiger partial charge in [0.25, 0.3) is 11.8 Å². The highest BCUT2D eigenvalue weighted by molar-refractivity contribution is 5.96. The van der Waals surface area contributed by atoms with Crippen LogP contribution in [0.5, 0.6) is 0 Å². The Balaban J connectivity index is 0.000000707. The van der Waals surface area contributed by atoms with E-state index in [1.165, 1.54) is 12.1 Å². The molecule has 10 nitrogen and oxygen atoms in total. The van der Waals surface area contributed by atoms with Crippen LogP contribution in [0.2, 0.25) is 0 Å². The topological polar surface area (TPSA) is 131 Å². The fraction of sp³-hybridized carbons (Fsp3) is 0.484. The molecule has 4 rings (SSSR count). The number of carboxylic acid groups (broad SMARTS) is 1. The molecule has 0 bridgehead atoms. The minimum atomic E-state index is -5.08. The summed E-state index contributed by atoms with van der Waals surface area (Å²) in [5, 5.41) is 15.5. The van der Waals surface area contributed by atoms with Crippen molar-refractivity contribution in [2.75, 3.05) is 38.0 Å². The monoisotopic (exact) mass is 637 g/mol. The number of carbonyl (C=O) groups is 4. The van der Waals surface area contributed by atoms with E-state index >= 15 is 0 Å². The molecule has 1 aliphatic heterocycles. The van der Waals surface area contributed by atoms with E-state index in [0.717, 1.165) is 31.2 Å². The van der Waals surface area contributed by atoms with Crippen LogP contribution in [-0.4, -0.2) is 83.7 Å². The normalized spacial score (nSPS) is 15.1. The zero-order chi connectivity index (χ0) is 33.1. The number of carboxylic acids is 1. The number of anilines is 1. The number of carbonyl (C=O) groups excluding carboxylic acids is 3. The number of halogens is 4. The van der Waals surface area contributed by atoms with E-state index in [1.54, 1.807) is 11.0 Å². The number of aliphatic carboxylic acids is 1. The first-order chi connectivity index (χ1) is 21.3. The van der Waals surface area contributed by atoms with Gasteiger partial charge in [0.05, 0.1) is 5.69 Å². The van der Waals surface area contributed by atoms with E-state index in [1.807, 2.05) is 24.3 Å². The molecule has 2 aromatic rings. The van der Waals surface area contributed by atoms with Gasteiger partial charge in [0.2, 0.25) is 0 Å². The summed E-state index contributed by atoms with van der Waals surface area (Å²) in [6.45, 7) is 7.82. The number of urea groups is 1. The molecular weight excluding hydrogens is 598 g/mol. The third-order valence-corrected chi connectivity index (χ3v) is 7.53. The van der Waals surface area contributed by atoms with Crippen LogP contribution in [0.4, 0.5) is 28.0 Å². The number of hydrogen-bond acceptors (Lipinski definition) is 5. The molecule has 14 heteroatoms. The van der Waals surface area contributed by atoms with Gasteiger partial charge in [-0.3, -0.25) is 14.5 Å². The van der Waals surface area contributed by atoms with Gasteiger partial charge < -0.3 is 26.0 Å². The largest absolute Gasteiger partial charge is 0.490 e. The Morgan fingerprint density at radius 2 is 1.60 bits per heavy atom. The van der Waals surface area contributed by atoms with Gasteiger partial charge in [0, 0.05) is 56.4 Å². The fourth-order valence-electron chi connectivity index (χ4n) is 4.60. The summed E-state index contributed by atoms with van der Waals surface area (Å²) in [5.41, 5.74) is 2.02. The first kappa shape index (κ1) is 35.3. The van der Waals surface area contributed by atoms with Crippen LogP contribution < -0.4 is 16.0 Å². The molecule has 2 aliphatic rings. The summed E-state index contributed by atoms with van der Waals surface area (Å²) in [6, 6.07) is 11.6. The Labute approximate surface area is 259 Å². The Kier molecular flexibility index (Phi) is 12.7. The molecule has 2 aromatic carbocycles. The van der Waals surface area contributed by atoms with Gasteiger partial charge in [0.15, 0.2) is 0 Å². The van der Waals surface area contributed by atoms with Gasteiger partial charge in [-0.25, -0.2) is 14.0 Å². The molecule has 45 heavy (non-hydrogen) atoms. The molecule has 1 aliphatic carbocycles. The van der Waals surface area contributed by atoms with Crippen LogP contribution in [0.25, 0.3) is 0 Å². The number of benzene rings is 2. The van der Waals surface area contributed by atoms with Crippen LogP contribution in [0, 0.1) is 11.7 Å². The summed E-state index contributed by atoms with van der Waals surface area (Å²) >= 11 is 0. The van der Waals surface area contributed by atoms with Crippen LogP contribution in [0.1, 0.15) is 65.8 Å². The minimum absolute atomic E-state index is 0.0514. The molecule has 1 saturated heterocycles. The van der Waals surface area contributed by atoms with Gasteiger partial charge in [-0.15, -0.1) is 0 Å². The highest BCUT2D eigenvalue weighted by Gasteiger charge is 2.38. The second kappa shape index (κ2) is 16.2. The van der Waals surface area contributed by atoms with Crippen molar-refractivity contribution in [3.8, 4) is 0 Å². The smallest absolute Gasteiger partial charge is 0.475 e. The van der Waals surface area contributed by atoms with Crippen LogP contribution in [0.15, 0.2) is 42.5 Å². The Bertz CT molecular complexity index is 1340. The standard InChI is InChI=1S/C29H38FN5O3.C2HF3O2/c1-3-24(4-2)32-27(36)22-7-5-6-21(16-22)19-34-12-14-35(15-13-34)28(37)23-10-11-26(25(30)17-23)33-29(38)31-18-20-8-9-20;3-2(4,5)1(6)7/h5-7,10-11,16-17,20,24H,3-4,8-9,12-15,18-19H2,1-2H3,(H,32,36)(H2,31,33,38);(H,6,7). The van der Waals surface area contributed by atoms with Crippen LogP contribution in [0.3, 0.4) is 0 Å². The van der Waals surface area contributed by atoms with Gasteiger partial charge in [-0.2, -0.15) is 13.2 Å². The highest BCUT2D eigenvalue weighted by Crippen LogP contribution is 2.27. The maximum absolute atomic E-state index is 14.6. The summed E-state index contributed by atoms with van der Waals surface area (Å²) in [7, 11) is 0. The second-order valence-corrected chi connectivity index (χ2v) is 11.0. The quantitative estimate of drug-likeness (QED) is 0.275. The Morgan fingerprint density at radius 1 is 0.956 bits per heavy atom. The molecule has 0 aromatic heterocycles. The second-order valence-electron chi connectivity index (χ2n) is 11.0. The zero-order valence-corrected chi connectivity index (χ0v) is 25.3. The first-order valence-electron chi connectivity index (χ1n) is 14.9. The Morgan fingerprint density at radius 3 is 2.16 bits per heavy atom. The van der Waals surface area contributed by atoms with Gasteiger partial charge in [0.1, 0.15) is 5.82 Å². The van der Waals surface area contributed by atoms with Crippen molar-refractivity contribution < 1.29 is 41.8 Å². The fourth-order valence-corrected chi connectivity index (χ4v) is 4.60. The molecule has 1 saturated carbocycles. The molecule has 2 fully saturated rings. The SMILES string of the molecule is CCC(CC)NC(=O)c1cccc(CN2CCN(C(=O)c3ccc(NC(=O)NCC4CC4)c(F)c3)CC2)c1.O=C(O)C(F)(F)F. The van der Waals surface area contributed by atoms with E-state index in [0.29, 0.717) is 50.7 Å². The minimum Gasteiger partial charge on any atom is -0.475 e. The van der Waals surface area contributed by atoms with Crippen LogP contribution >= 0.6 is 0 Å². The van der Waals surface area contributed by atoms with Gasteiger partial charge in [-0.1, -0.05) is 26.0 Å². The maximum atomic E-state index is 14.6. The summed E-state index contributed by atoms with van der Waals surface area (Å²) in [6.07, 6.45) is -1.05. The van der Waals surface area contributed by atoms with Crippen molar-refractivity contribution in [3.05, 3.63) is 65.0 Å². The Hall–Kier alpha value is -4.20.